The molecule has 3 rings (SSSR count). The summed E-state index contributed by atoms with van der Waals surface area (Å²) in [6.45, 7) is 17.9. The molecule has 116 valence electrons. The summed E-state index contributed by atoms with van der Waals surface area (Å²) in [5.74, 6) is 0. The van der Waals surface area contributed by atoms with Gasteiger partial charge in [-0.2, -0.15) is 0 Å². The van der Waals surface area contributed by atoms with Crippen LogP contribution in [-0.2, 0) is 23.2 Å². The first-order valence-corrected chi connectivity index (χ1v) is 11.9. The van der Waals surface area contributed by atoms with Crippen LogP contribution in [0.15, 0.2) is 63.8 Å². The zero-order valence-electron chi connectivity index (χ0n) is 13.7. The van der Waals surface area contributed by atoms with Gasteiger partial charge >= 0.3 is 136 Å². The molecule has 0 atom stereocenters. The van der Waals surface area contributed by atoms with Crippen molar-refractivity contribution in [2.24, 2.45) is 0 Å². The Morgan fingerprint density at radius 1 is 0.818 bits per heavy atom. The van der Waals surface area contributed by atoms with Crippen LogP contribution in [0.3, 0.4) is 0 Å². The van der Waals surface area contributed by atoms with Crippen LogP contribution in [0.1, 0.15) is 40.5 Å². The van der Waals surface area contributed by atoms with E-state index < -0.39 is 31.3 Å². The standard InChI is InChI=1S/C18H22Si.2ClH.Zr/c1-7-19(8-2,17-13(3)9-10-14(17)4)18-15(5)11-12-16(18)6;;;/h7-8H,1-2,9,11H2,3-6H3;2*1H;/q;;;+2/p-2. The molecule has 22 heavy (non-hydrogen) atoms. The summed E-state index contributed by atoms with van der Waals surface area (Å²) in [5.41, 5.74) is 11.0. The zero-order chi connectivity index (χ0) is 14.7. The predicted octanol–water partition coefficient (Wildman–Crippen LogP) is -0.943. The molecular weight excluding hydrogens is 406 g/mol. The Balaban J connectivity index is 0.00000121. The molecule has 0 spiro atoms. The van der Waals surface area contributed by atoms with Crippen molar-refractivity contribution in [3.05, 3.63) is 63.8 Å². The first-order valence-electron chi connectivity index (χ1n) is 7.31. The minimum atomic E-state index is -1.94. The van der Waals surface area contributed by atoms with Gasteiger partial charge in [0.2, 0.25) is 0 Å². The number of fused-ring (bicyclic) bond motifs is 2. The van der Waals surface area contributed by atoms with E-state index in [4.69, 9.17) is 0 Å². The SMILES string of the molecule is C=C[Si]1(C=C)C2=C(C)C[C](=C2C)[Zr+2][C]2=C(C)C1=C(C)C2.[Cl-].[Cl-]. The Hall–Kier alpha value is 0.120. The maximum absolute atomic E-state index is 4.26. The van der Waals surface area contributed by atoms with Crippen molar-refractivity contribution in [2.75, 3.05) is 0 Å². The fraction of sp³-hybridized carbons (Fsp3) is 0.333. The third-order valence-electron chi connectivity index (χ3n) is 5.17. The van der Waals surface area contributed by atoms with Crippen molar-refractivity contribution in [1.29, 1.82) is 0 Å². The molecule has 0 radical (unpaired) electrons. The molecule has 0 N–H and O–H groups in total. The second kappa shape index (κ2) is 6.93. The van der Waals surface area contributed by atoms with Gasteiger partial charge in [-0.3, -0.25) is 0 Å². The fourth-order valence-electron chi connectivity index (χ4n) is 4.32. The van der Waals surface area contributed by atoms with Crippen molar-refractivity contribution in [3.63, 3.8) is 0 Å². The van der Waals surface area contributed by atoms with Crippen LogP contribution in [0.5, 0.6) is 0 Å². The Morgan fingerprint density at radius 2 is 1.18 bits per heavy atom. The molecule has 0 fully saturated rings. The van der Waals surface area contributed by atoms with Gasteiger partial charge in [-0.15, -0.1) is 0 Å². The van der Waals surface area contributed by atoms with Crippen LogP contribution in [-0.4, -0.2) is 8.07 Å². The second-order valence-corrected chi connectivity index (χ2v) is 13.4. The summed E-state index contributed by atoms with van der Waals surface area (Å²) in [7, 11) is -1.94. The van der Waals surface area contributed by atoms with Gasteiger partial charge in [0.25, 0.3) is 0 Å². The molecule has 4 heteroatoms. The van der Waals surface area contributed by atoms with Gasteiger partial charge in [0, 0.05) is 0 Å². The van der Waals surface area contributed by atoms with Crippen LogP contribution < -0.4 is 24.8 Å². The molecule has 2 aliphatic carbocycles. The van der Waals surface area contributed by atoms with Gasteiger partial charge in [0.1, 0.15) is 0 Å². The average Bonchev–Trinajstić information content (AvgIpc) is 2.86. The van der Waals surface area contributed by atoms with Crippen molar-refractivity contribution < 1.29 is 48.0 Å². The van der Waals surface area contributed by atoms with E-state index in [1.54, 1.807) is 32.7 Å². The van der Waals surface area contributed by atoms with Gasteiger partial charge in [0.15, 0.2) is 0 Å². The summed E-state index contributed by atoms with van der Waals surface area (Å²) < 4.78 is 3.62. The van der Waals surface area contributed by atoms with Crippen molar-refractivity contribution in [3.8, 4) is 0 Å². The molecule has 0 saturated carbocycles. The summed E-state index contributed by atoms with van der Waals surface area (Å²) >= 11 is -0.546. The summed E-state index contributed by atoms with van der Waals surface area (Å²) in [6.07, 6.45) is 2.49. The predicted molar refractivity (Wildman–Crippen MR) is 86.2 cm³/mol. The maximum Gasteiger partial charge on any atom is -1.00 e. The minimum Gasteiger partial charge on any atom is -1.00 e. The van der Waals surface area contributed by atoms with E-state index in [2.05, 4.69) is 52.3 Å². The van der Waals surface area contributed by atoms with E-state index in [1.165, 1.54) is 12.8 Å². The molecule has 0 aromatic heterocycles. The quantitative estimate of drug-likeness (QED) is 0.498. The first kappa shape index (κ1) is 20.2. The third-order valence-corrected chi connectivity index (χ3v) is 13.9. The maximum atomic E-state index is 4.26. The molecule has 0 aromatic rings. The number of hydrogen-bond donors (Lipinski definition) is 0. The van der Waals surface area contributed by atoms with Crippen molar-refractivity contribution in [1.82, 2.24) is 0 Å². The summed E-state index contributed by atoms with van der Waals surface area (Å²) in [5, 5.41) is 3.29. The molecule has 3 aliphatic rings. The summed E-state index contributed by atoms with van der Waals surface area (Å²) in [4.78, 5) is 0. The molecule has 1 aliphatic heterocycles. The van der Waals surface area contributed by atoms with Gasteiger partial charge < -0.3 is 24.8 Å². The third kappa shape index (κ3) is 2.51. The number of allylic oxidation sites excluding steroid dienone is 8. The van der Waals surface area contributed by atoms with E-state index in [0.29, 0.717) is 0 Å². The van der Waals surface area contributed by atoms with Gasteiger partial charge in [-0.05, 0) is 0 Å². The topological polar surface area (TPSA) is 0 Å². The van der Waals surface area contributed by atoms with E-state index in [9.17, 15) is 0 Å². The molecular formula is C18H22Cl2SiZr. The smallest absolute Gasteiger partial charge is 1.00 e. The van der Waals surface area contributed by atoms with Crippen LogP contribution in [0.4, 0.5) is 0 Å². The molecule has 0 unspecified atom stereocenters. The first-order chi connectivity index (χ1) is 9.46. The van der Waals surface area contributed by atoms with E-state index in [0.717, 1.165) is 0 Å². The fourth-order valence-corrected chi connectivity index (χ4v) is 13.5. The molecule has 0 nitrogen and oxygen atoms in total. The summed E-state index contributed by atoms with van der Waals surface area (Å²) in [6, 6.07) is 0. The van der Waals surface area contributed by atoms with E-state index in [1.807, 2.05) is 6.56 Å². The van der Waals surface area contributed by atoms with Crippen LogP contribution >= 0.6 is 0 Å². The Kier molecular flexibility index (Phi) is 6.35. The average molecular weight is 429 g/mol. The number of halogens is 2. The van der Waals surface area contributed by atoms with E-state index >= 15 is 0 Å². The van der Waals surface area contributed by atoms with E-state index in [-0.39, 0.29) is 24.8 Å². The minimum absolute atomic E-state index is 0. The molecule has 0 saturated heterocycles. The Morgan fingerprint density at radius 3 is 1.50 bits per heavy atom. The normalized spacial score (nSPS) is 21.5. The molecule has 1 heterocycles. The van der Waals surface area contributed by atoms with Crippen molar-refractivity contribution >= 4 is 8.07 Å². The molecule has 0 amide bonds. The molecule has 4 bridgehead atoms. The number of rotatable bonds is 2. The van der Waals surface area contributed by atoms with Crippen LogP contribution in [0, 0.1) is 0 Å². The van der Waals surface area contributed by atoms with Gasteiger partial charge in [0.05, 0.1) is 0 Å². The van der Waals surface area contributed by atoms with Gasteiger partial charge in [-0.25, -0.2) is 0 Å². The van der Waals surface area contributed by atoms with Crippen LogP contribution in [0.25, 0.3) is 0 Å². The second-order valence-electron chi connectivity index (χ2n) is 6.27. The van der Waals surface area contributed by atoms with Gasteiger partial charge in [-0.1, -0.05) is 0 Å². The van der Waals surface area contributed by atoms with Crippen molar-refractivity contribution in [2.45, 2.75) is 40.5 Å². The zero-order valence-corrected chi connectivity index (χ0v) is 18.7. The Bertz CT molecular complexity index is 619. The monoisotopic (exact) mass is 426 g/mol. The number of hydrogen-bond acceptors (Lipinski definition) is 0. The molecule has 0 aromatic carbocycles. The largest absolute Gasteiger partial charge is 1.00 e. The Labute approximate surface area is 159 Å². The van der Waals surface area contributed by atoms with Crippen LogP contribution in [0.2, 0.25) is 0 Å².